The van der Waals surface area contributed by atoms with E-state index < -0.39 is 64.8 Å². The number of alkyl halides is 10. The van der Waals surface area contributed by atoms with Crippen LogP contribution in [0.15, 0.2) is 0 Å². The number of halogens is 10. The first-order valence-electron chi connectivity index (χ1n) is 7.60. The van der Waals surface area contributed by atoms with E-state index >= 15 is 0 Å². The van der Waals surface area contributed by atoms with Crippen LogP contribution in [-0.2, 0) is 13.3 Å². The molecule has 0 amide bonds. The average molecular weight is 442 g/mol. The lowest BCUT2D eigenvalue weighted by Gasteiger charge is -2.36. The summed E-state index contributed by atoms with van der Waals surface area (Å²) in [6, 6.07) is -0.152. The molecule has 0 aromatic carbocycles. The van der Waals surface area contributed by atoms with E-state index in [1.807, 2.05) is 0 Å². The van der Waals surface area contributed by atoms with Gasteiger partial charge in [-0.2, -0.15) is 39.5 Å². The van der Waals surface area contributed by atoms with E-state index in [9.17, 15) is 43.9 Å². The minimum atomic E-state index is -6.23. The second kappa shape index (κ2) is 9.26. The normalized spacial score (nSPS) is 15.9. The van der Waals surface area contributed by atoms with E-state index in [1.165, 1.54) is 6.92 Å². The van der Waals surface area contributed by atoms with Crippen LogP contribution in [0.4, 0.5) is 43.9 Å². The number of hydrogen-bond acceptors (Lipinski definition) is 3. The molecule has 27 heavy (non-hydrogen) atoms. The molecule has 0 aliphatic carbocycles. The van der Waals surface area contributed by atoms with Gasteiger partial charge in [0.1, 0.15) is 6.61 Å². The van der Waals surface area contributed by atoms with E-state index in [0.29, 0.717) is 0 Å². The first-order valence-corrected chi connectivity index (χ1v) is 9.53. The van der Waals surface area contributed by atoms with Gasteiger partial charge in [0.2, 0.25) is 0 Å². The summed E-state index contributed by atoms with van der Waals surface area (Å²) < 4.78 is 145. The van der Waals surface area contributed by atoms with Gasteiger partial charge in [-0.15, -0.1) is 0 Å². The van der Waals surface area contributed by atoms with Gasteiger partial charge in [-0.1, -0.05) is 6.92 Å². The highest BCUT2D eigenvalue weighted by atomic mass is 28.4. The standard InChI is InChI=1S/C13H20F10O3Si/c1-4-27(24-2,25-3)26-8-10(15,16)13(22,23)12(20,21)9(14)6-5-7-11(17,18)19/h9H,4-8H2,1-3H3. The Hall–Kier alpha value is -0.603. The highest BCUT2D eigenvalue weighted by Gasteiger charge is 2.74. The molecule has 0 saturated carbocycles. The number of hydrogen-bond donors (Lipinski definition) is 0. The second-order valence-corrected chi connectivity index (χ2v) is 8.79. The van der Waals surface area contributed by atoms with Crippen molar-refractivity contribution in [3.8, 4) is 0 Å². The predicted octanol–water partition coefficient (Wildman–Crippen LogP) is 5.23. The average Bonchev–Trinajstić information content (AvgIpc) is 2.55. The van der Waals surface area contributed by atoms with Crippen LogP contribution in [0.25, 0.3) is 0 Å². The van der Waals surface area contributed by atoms with Gasteiger partial charge in [0.05, 0.1) is 0 Å². The van der Waals surface area contributed by atoms with Crippen molar-refractivity contribution in [3.63, 3.8) is 0 Å². The summed E-state index contributed by atoms with van der Waals surface area (Å²) in [5.74, 6) is -17.7. The van der Waals surface area contributed by atoms with Crippen molar-refractivity contribution in [2.24, 2.45) is 0 Å². The van der Waals surface area contributed by atoms with Crippen LogP contribution in [-0.4, -0.2) is 59.7 Å². The van der Waals surface area contributed by atoms with Crippen molar-refractivity contribution in [3.05, 3.63) is 0 Å². The van der Waals surface area contributed by atoms with Crippen LogP contribution in [0, 0.1) is 0 Å². The first kappa shape index (κ1) is 26.4. The Labute approximate surface area is 150 Å². The Morgan fingerprint density at radius 1 is 0.889 bits per heavy atom. The topological polar surface area (TPSA) is 27.7 Å². The zero-order valence-corrected chi connectivity index (χ0v) is 15.6. The molecule has 0 aliphatic heterocycles. The van der Waals surface area contributed by atoms with Gasteiger partial charge in [0.25, 0.3) is 0 Å². The molecule has 14 heteroatoms. The molecule has 1 unspecified atom stereocenters. The van der Waals surface area contributed by atoms with E-state index in [2.05, 4.69) is 4.43 Å². The first-order chi connectivity index (χ1) is 12.0. The van der Waals surface area contributed by atoms with E-state index in [1.54, 1.807) is 0 Å². The Kier molecular flexibility index (Phi) is 9.06. The molecule has 0 spiro atoms. The predicted molar refractivity (Wildman–Crippen MR) is 75.8 cm³/mol. The molecule has 1 atom stereocenters. The summed E-state index contributed by atoms with van der Waals surface area (Å²) in [7, 11) is -1.86. The van der Waals surface area contributed by atoms with Gasteiger partial charge < -0.3 is 13.3 Å². The van der Waals surface area contributed by atoms with E-state index in [4.69, 9.17) is 8.85 Å². The van der Waals surface area contributed by atoms with Gasteiger partial charge in [0.15, 0.2) is 6.17 Å². The summed E-state index contributed by atoms with van der Waals surface area (Å²) in [6.45, 7) is -0.908. The van der Waals surface area contributed by atoms with Crippen molar-refractivity contribution in [2.75, 3.05) is 20.8 Å². The van der Waals surface area contributed by atoms with Gasteiger partial charge in [0, 0.05) is 26.7 Å². The van der Waals surface area contributed by atoms with Gasteiger partial charge in [-0.05, 0) is 12.8 Å². The summed E-state index contributed by atoms with van der Waals surface area (Å²) in [5.41, 5.74) is 0. The SMILES string of the molecule is CC[Si](OC)(OC)OCC(F)(F)C(F)(F)C(F)(F)C(F)CCCC(F)(F)F. The summed E-state index contributed by atoms with van der Waals surface area (Å²) in [4.78, 5) is 0. The van der Waals surface area contributed by atoms with Crippen LogP contribution in [0.3, 0.4) is 0 Å². The second-order valence-electron chi connectivity index (χ2n) is 5.61. The highest BCUT2D eigenvalue weighted by molar-refractivity contribution is 6.60. The monoisotopic (exact) mass is 442 g/mol. The van der Waals surface area contributed by atoms with Crippen LogP contribution in [0.2, 0.25) is 6.04 Å². The molecular formula is C13H20F10O3Si. The summed E-state index contributed by atoms with van der Waals surface area (Å²) >= 11 is 0. The quantitative estimate of drug-likeness (QED) is 0.306. The number of rotatable bonds is 12. The lowest BCUT2D eigenvalue weighted by Crippen LogP contribution is -2.61. The largest absolute Gasteiger partial charge is 0.500 e. The maximum Gasteiger partial charge on any atom is 0.500 e. The molecule has 0 bridgehead atoms. The Morgan fingerprint density at radius 3 is 1.74 bits per heavy atom. The molecule has 0 radical (unpaired) electrons. The summed E-state index contributed by atoms with van der Waals surface area (Å²) in [6.07, 6.45) is -13.4. The third kappa shape index (κ3) is 6.46. The lowest BCUT2D eigenvalue weighted by molar-refractivity contribution is -0.331. The molecule has 0 N–H and O–H groups in total. The van der Waals surface area contributed by atoms with Gasteiger partial charge in [-0.25, -0.2) is 4.39 Å². The fourth-order valence-electron chi connectivity index (χ4n) is 1.99. The summed E-state index contributed by atoms with van der Waals surface area (Å²) in [5, 5.41) is 0. The zero-order valence-electron chi connectivity index (χ0n) is 14.6. The fraction of sp³-hybridized carbons (Fsp3) is 1.00. The van der Waals surface area contributed by atoms with Crippen LogP contribution in [0.5, 0.6) is 0 Å². The molecule has 164 valence electrons. The van der Waals surface area contributed by atoms with Crippen molar-refractivity contribution in [2.45, 2.75) is 62.3 Å². The Bertz CT molecular complexity index is 446. The molecule has 0 aromatic rings. The molecule has 0 heterocycles. The molecule has 0 aliphatic rings. The molecule has 0 saturated heterocycles. The third-order valence-corrected chi connectivity index (χ3v) is 6.41. The minimum absolute atomic E-state index is 0.152. The molecule has 0 aromatic heterocycles. The van der Waals surface area contributed by atoms with Crippen molar-refractivity contribution >= 4 is 8.80 Å². The lowest BCUT2D eigenvalue weighted by atomic mass is 9.97. The minimum Gasteiger partial charge on any atom is -0.377 e. The van der Waals surface area contributed by atoms with Crippen LogP contribution >= 0.6 is 0 Å². The molecule has 3 nitrogen and oxygen atoms in total. The van der Waals surface area contributed by atoms with Gasteiger partial charge in [-0.3, -0.25) is 0 Å². The van der Waals surface area contributed by atoms with Crippen molar-refractivity contribution < 1.29 is 57.2 Å². The van der Waals surface area contributed by atoms with E-state index in [0.717, 1.165) is 14.2 Å². The Balaban J connectivity index is 5.23. The molecule has 0 fully saturated rings. The zero-order chi connectivity index (χ0) is 21.7. The molecule has 0 rings (SSSR count). The maximum absolute atomic E-state index is 13.7. The van der Waals surface area contributed by atoms with Crippen molar-refractivity contribution in [1.82, 2.24) is 0 Å². The van der Waals surface area contributed by atoms with Crippen molar-refractivity contribution in [1.29, 1.82) is 0 Å². The highest BCUT2D eigenvalue weighted by Crippen LogP contribution is 2.49. The smallest absolute Gasteiger partial charge is 0.377 e. The van der Waals surface area contributed by atoms with Gasteiger partial charge >= 0.3 is 32.7 Å². The van der Waals surface area contributed by atoms with Crippen LogP contribution in [0.1, 0.15) is 26.2 Å². The Morgan fingerprint density at radius 2 is 1.37 bits per heavy atom. The maximum atomic E-state index is 13.7. The van der Waals surface area contributed by atoms with E-state index in [-0.39, 0.29) is 6.04 Å². The third-order valence-electron chi connectivity index (χ3n) is 3.72. The molecular weight excluding hydrogens is 422 g/mol. The fourth-order valence-corrected chi connectivity index (χ4v) is 3.57. The van der Waals surface area contributed by atoms with Crippen LogP contribution < -0.4 is 0 Å².